The van der Waals surface area contributed by atoms with E-state index < -0.39 is 0 Å². The second kappa shape index (κ2) is 5.45. The van der Waals surface area contributed by atoms with Gasteiger partial charge in [-0.15, -0.1) is 0 Å². The van der Waals surface area contributed by atoms with Crippen LogP contribution in [0.2, 0.25) is 10.0 Å². The zero-order valence-corrected chi connectivity index (χ0v) is 9.42. The number of rotatable bonds is 0. The third-order valence-corrected chi connectivity index (χ3v) is 2.25. The monoisotopic (exact) mass is 204 g/mol. The molecule has 0 aromatic heterocycles. The molecule has 1 rings (SSSR count). The zero-order chi connectivity index (χ0) is 9.72. The Morgan fingerprint density at radius 2 is 1.17 bits per heavy atom. The first kappa shape index (κ1) is 11.8. The van der Waals surface area contributed by atoms with E-state index >= 15 is 0 Å². The molecule has 68 valence electrons. The van der Waals surface area contributed by atoms with Gasteiger partial charge in [-0.3, -0.25) is 0 Å². The molecule has 12 heavy (non-hydrogen) atoms. The average Bonchev–Trinajstić information content (AvgIpc) is 2.05. The Morgan fingerprint density at radius 1 is 0.833 bits per heavy atom. The SMILES string of the molecule is CC.Cc1cc(C)c(Cl)cc1Cl. The van der Waals surface area contributed by atoms with E-state index in [1.165, 1.54) is 0 Å². The minimum atomic E-state index is 0.732. The van der Waals surface area contributed by atoms with Crippen LogP contribution in [0.3, 0.4) is 0 Å². The predicted octanol–water partition coefficient (Wildman–Crippen LogP) is 4.64. The largest absolute Gasteiger partial charge is 0.0840 e. The molecule has 0 nitrogen and oxygen atoms in total. The van der Waals surface area contributed by atoms with Crippen LogP contribution in [0, 0.1) is 13.8 Å². The fraction of sp³-hybridized carbons (Fsp3) is 0.400. The van der Waals surface area contributed by atoms with Crippen molar-refractivity contribution >= 4 is 23.2 Å². The Hall–Kier alpha value is -0.200. The Bertz CT molecular complexity index is 204. The Kier molecular flexibility index (Phi) is 5.36. The molecule has 2 heteroatoms. The lowest BCUT2D eigenvalue weighted by Gasteiger charge is -2.00. The predicted molar refractivity (Wildman–Crippen MR) is 57.3 cm³/mol. The number of hydrogen-bond donors (Lipinski definition) is 0. The van der Waals surface area contributed by atoms with Gasteiger partial charge in [-0.25, -0.2) is 0 Å². The van der Waals surface area contributed by atoms with Gasteiger partial charge < -0.3 is 0 Å². The Balaban J connectivity index is 0.000000561. The van der Waals surface area contributed by atoms with Crippen molar-refractivity contribution in [3.05, 3.63) is 33.3 Å². The molecule has 0 N–H and O–H groups in total. The lowest BCUT2D eigenvalue weighted by atomic mass is 10.2. The molecule has 0 fully saturated rings. The van der Waals surface area contributed by atoms with Crippen LogP contribution >= 0.6 is 23.2 Å². The standard InChI is InChI=1S/C8H8Cl2.C2H6/c1-5-3-6(2)8(10)4-7(5)9;1-2/h3-4H,1-2H3;1-2H3. The first-order valence-electron chi connectivity index (χ1n) is 4.03. The van der Waals surface area contributed by atoms with Crippen LogP contribution in [0.25, 0.3) is 0 Å². The molecule has 0 unspecified atom stereocenters. The van der Waals surface area contributed by atoms with E-state index in [1.54, 1.807) is 6.07 Å². The van der Waals surface area contributed by atoms with Gasteiger partial charge in [0.1, 0.15) is 0 Å². The van der Waals surface area contributed by atoms with E-state index in [9.17, 15) is 0 Å². The minimum absolute atomic E-state index is 0.732. The highest BCUT2D eigenvalue weighted by Crippen LogP contribution is 2.23. The second-order valence-corrected chi connectivity index (χ2v) is 3.16. The topological polar surface area (TPSA) is 0 Å². The summed E-state index contributed by atoms with van der Waals surface area (Å²) in [5.41, 5.74) is 2.15. The summed E-state index contributed by atoms with van der Waals surface area (Å²) in [4.78, 5) is 0. The van der Waals surface area contributed by atoms with Crippen molar-refractivity contribution in [1.82, 2.24) is 0 Å². The van der Waals surface area contributed by atoms with Gasteiger partial charge in [0.25, 0.3) is 0 Å². The number of aryl methyl sites for hydroxylation is 2. The summed E-state index contributed by atoms with van der Waals surface area (Å²) >= 11 is 11.6. The van der Waals surface area contributed by atoms with Crippen LogP contribution in [0.1, 0.15) is 25.0 Å². The highest BCUT2D eigenvalue weighted by Gasteiger charge is 1.98. The van der Waals surface area contributed by atoms with Crippen LogP contribution < -0.4 is 0 Å². The molecule has 1 aromatic rings. The van der Waals surface area contributed by atoms with Crippen molar-refractivity contribution in [2.45, 2.75) is 27.7 Å². The van der Waals surface area contributed by atoms with Crippen LogP contribution in [-0.2, 0) is 0 Å². The Morgan fingerprint density at radius 3 is 1.42 bits per heavy atom. The molecule has 1 aromatic carbocycles. The fourth-order valence-corrected chi connectivity index (χ4v) is 1.18. The molecule has 0 atom stereocenters. The van der Waals surface area contributed by atoms with Crippen LogP contribution in [0.5, 0.6) is 0 Å². The number of halogens is 2. The van der Waals surface area contributed by atoms with Gasteiger partial charge in [0.05, 0.1) is 0 Å². The molecular formula is C10H14Cl2. The fourth-order valence-electron chi connectivity index (χ4n) is 0.802. The third-order valence-electron chi connectivity index (χ3n) is 1.44. The van der Waals surface area contributed by atoms with Gasteiger partial charge >= 0.3 is 0 Å². The molecule has 0 saturated carbocycles. The lowest BCUT2D eigenvalue weighted by Crippen LogP contribution is -1.79. The quantitative estimate of drug-likeness (QED) is 0.578. The molecular weight excluding hydrogens is 191 g/mol. The maximum absolute atomic E-state index is 5.80. The van der Waals surface area contributed by atoms with E-state index in [-0.39, 0.29) is 0 Å². The summed E-state index contributed by atoms with van der Waals surface area (Å²) in [6.07, 6.45) is 0. The van der Waals surface area contributed by atoms with E-state index in [2.05, 4.69) is 0 Å². The molecule has 0 amide bonds. The highest BCUT2D eigenvalue weighted by atomic mass is 35.5. The summed E-state index contributed by atoms with van der Waals surface area (Å²) in [7, 11) is 0. The summed E-state index contributed by atoms with van der Waals surface area (Å²) in [6, 6.07) is 3.75. The second-order valence-electron chi connectivity index (χ2n) is 2.35. The minimum Gasteiger partial charge on any atom is -0.0840 e. The first-order chi connectivity index (χ1) is 5.61. The number of benzene rings is 1. The van der Waals surface area contributed by atoms with Crippen molar-refractivity contribution in [3.63, 3.8) is 0 Å². The molecule has 0 radical (unpaired) electrons. The maximum atomic E-state index is 5.80. The van der Waals surface area contributed by atoms with Crippen molar-refractivity contribution in [3.8, 4) is 0 Å². The molecule has 0 bridgehead atoms. The van der Waals surface area contributed by atoms with E-state index in [0.29, 0.717) is 0 Å². The van der Waals surface area contributed by atoms with E-state index in [4.69, 9.17) is 23.2 Å². The van der Waals surface area contributed by atoms with Gasteiger partial charge in [-0.1, -0.05) is 43.1 Å². The maximum Gasteiger partial charge on any atom is 0.0450 e. The molecule has 0 spiro atoms. The van der Waals surface area contributed by atoms with Gasteiger partial charge in [0.15, 0.2) is 0 Å². The van der Waals surface area contributed by atoms with Crippen LogP contribution in [-0.4, -0.2) is 0 Å². The van der Waals surface area contributed by atoms with E-state index in [1.807, 2.05) is 33.8 Å². The van der Waals surface area contributed by atoms with Gasteiger partial charge in [0.2, 0.25) is 0 Å². The molecule has 0 heterocycles. The molecule has 0 aliphatic carbocycles. The van der Waals surface area contributed by atoms with Crippen molar-refractivity contribution in [1.29, 1.82) is 0 Å². The van der Waals surface area contributed by atoms with E-state index in [0.717, 1.165) is 21.2 Å². The van der Waals surface area contributed by atoms with Crippen molar-refractivity contribution in [2.75, 3.05) is 0 Å². The summed E-state index contributed by atoms with van der Waals surface area (Å²) in [5, 5.41) is 1.46. The molecule has 0 saturated heterocycles. The Labute approximate surface area is 84.5 Å². The van der Waals surface area contributed by atoms with Crippen LogP contribution in [0.15, 0.2) is 12.1 Å². The normalized spacial score (nSPS) is 8.83. The van der Waals surface area contributed by atoms with Gasteiger partial charge in [-0.2, -0.15) is 0 Å². The zero-order valence-electron chi connectivity index (χ0n) is 7.91. The summed E-state index contributed by atoms with van der Waals surface area (Å²) in [5.74, 6) is 0. The third kappa shape index (κ3) is 3.04. The first-order valence-corrected chi connectivity index (χ1v) is 4.79. The average molecular weight is 205 g/mol. The van der Waals surface area contributed by atoms with Crippen LogP contribution in [0.4, 0.5) is 0 Å². The smallest absolute Gasteiger partial charge is 0.0450 e. The van der Waals surface area contributed by atoms with Crippen molar-refractivity contribution < 1.29 is 0 Å². The molecule has 0 aliphatic heterocycles. The summed E-state index contributed by atoms with van der Waals surface area (Å²) in [6.45, 7) is 7.93. The number of hydrogen-bond acceptors (Lipinski definition) is 0. The van der Waals surface area contributed by atoms with Crippen molar-refractivity contribution in [2.24, 2.45) is 0 Å². The summed E-state index contributed by atoms with van der Waals surface area (Å²) < 4.78 is 0. The van der Waals surface area contributed by atoms with Gasteiger partial charge in [-0.05, 0) is 31.0 Å². The lowest BCUT2D eigenvalue weighted by molar-refractivity contribution is 1.39. The molecule has 0 aliphatic rings. The van der Waals surface area contributed by atoms with Gasteiger partial charge in [0, 0.05) is 10.0 Å². The highest BCUT2D eigenvalue weighted by molar-refractivity contribution is 6.35.